The van der Waals surface area contributed by atoms with Gasteiger partial charge < -0.3 is 4.74 Å². The average molecular weight is 376 g/mol. The minimum atomic E-state index is -4.45. The fourth-order valence-electron chi connectivity index (χ4n) is 2.40. The number of nitrogens with zero attached hydrogens (tertiary/aromatic N) is 2. The molecule has 9 heteroatoms. The molecule has 3 rings (SSSR count). The van der Waals surface area contributed by atoms with Crippen LogP contribution < -0.4 is 0 Å². The van der Waals surface area contributed by atoms with Gasteiger partial charge in [0.25, 0.3) is 5.69 Å². The number of esters is 1. The fourth-order valence-corrected chi connectivity index (χ4v) is 2.40. The Morgan fingerprint density at radius 3 is 2.41 bits per heavy atom. The van der Waals surface area contributed by atoms with Gasteiger partial charge in [-0.15, -0.1) is 0 Å². The fraction of sp³-hybridized carbons (Fsp3) is 0.111. The summed E-state index contributed by atoms with van der Waals surface area (Å²) in [7, 11) is 0. The second-order valence-electron chi connectivity index (χ2n) is 5.71. The van der Waals surface area contributed by atoms with Gasteiger partial charge >= 0.3 is 12.1 Å². The molecular weight excluding hydrogens is 365 g/mol. The van der Waals surface area contributed by atoms with Crippen molar-refractivity contribution in [3.05, 3.63) is 80.5 Å². The van der Waals surface area contributed by atoms with Gasteiger partial charge in [-0.3, -0.25) is 10.1 Å². The van der Waals surface area contributed by atoms with Crippen molar-refractivity contribution in [2.24, 2.45) is 4.99 Å². The predicted molar refractivity (Wildman–Crippen MR) is 89.9 cm³/mol. The number of aryl methyl sites for hydroxylation is 1. The number of halogens is 3. The van der Waals surface area contributed by atoms with Crippen molar-refractivity contribution in [2.75, 3.05) is 0 Å². The lowest BCUT2D eigenvalue weighted by atomic mass is 10.1. The first-order valence-corrected chi connectivity index (χ1v) is 7.60. The Labute approximate surface area is 150 Å². The molecule has 0 N–H and O–H groups in total. The van der Waals surface area contributed by atoms with Crippen molar-refractivity contribution >= 4 is 23.6 Å². The van der Waals surface area contributed by atoms with E-state index >= 15 is 0 Å². The molecular formula is C18H11F3N2O4. The molecule has 27 heavy (non-hydrogen) atoms. The van der Waals surface area contributed by atoms with E-state index < -0.39 is 22.6 Å². The molecule has 0 saturated carbocycles. The molecule has 2 aromatic carbocycles. The summed E-state index contributed by atoms with van der Waals surface area (Å²) in [5.41, 5.74) is -0.0605. The van der Waals surface area contributed by atoms with Crippen molar-refractivity contribution in [1.82, 2.24) is 0 Å². The zero-order valence-electron chi connectivity index (χ0n) is 13.8. The second-order valence-corrected chi connectivity index (χ2v) is 5.71. The number of carbonyl (C=O) groups excluding carboxylic acids is 1. The SMILES string of the molecule is Cc1ccc(C2=N/C(=C\c3ccc(C(F)(F)F)cc3)C(=O)O2)cc1[N+](=O)[O-]. The third-order valence-electron chi connectivity index (χ3n) is 3.81. The van der Waals surface area contributed by atoms with Gasteiger partial charge in [-0.05, 0) is 36.8 Å². The number of ether oxygens (including phenoxy) is 1. The van der Waals surface area contributed by atoms with Crippen molar-refractivity contribution in [3.8, 4) is 0 Å². The van der Waals surface area contributed by atoms with Crippen LogP contribution in [0.25, 0.3) is 6.08 Å². The molecule has 6 nitrogen and oxygen atoms in total. The molecule has 0 unspecified atom stereocenters. The third kappa shape index (κ3) is 3.86. The molecule has 1 aliphatic rings. The predicted octanol–water partition coefficient (Wildman–Crippen LogP) is 4.27. The van der Waals surface area contributed by atoms with E-state index in [1.54, 1.807) is 6.92 Å². The van der Waals surface area contributed by atoms with E-state index in [0.29, 0.717) is 11.1 Å². The van der Waals surface area contributed by atoms with Crippen molar-refractivity contribution in [1.29, 1.82) is 0 Å². The van der Waals surface area contributed by atoms with Crippen LogP contribution in [0.2, 0.25) is 0 Å². The van der Waals surface area contributed by atoms with Crippen LogP contribution in [-0.4, -0.2) is 16.8 Å². The van der Waals surface area contributed by atoms with Gasteiger partial charge in [0.05, 0.1) is 10.5 Å². The number of rotatable bonds is 3. The second kappa shape index (κ2) is 6.67. The molecule has 1 aliphatic heterocycles. The average Bonchev–Trinajstić information content (AvgIpc) is 2.95. The summed E-state index contributed by atoms with van der Waals surface area (Å²) in [4.78, 5) is 26.4. The molecule has 138 valence electrons. The number of hydrogen-bond donors (Lipinski definition) is 0. The first kappa shape index (κ1) is 18.3. The highest BCUT2D eigenvalue weighted by Gasteiger charge is 2.30. The number of aliphatic imine (C=N–C) groups is 1. The lowest BCUT2D eigenvalue weighted by molar-refractivity contribution is -0.385. The lowest BCUT2D eigenvalue weighted by Gasteiger charge is -2.05. The summed E-state index contributed by atoms with van der Waals surface area (Å²) < 4.78 is 42.8. The zero-order valence-corrected chi connectivity index (χ0v) is 13.8. The van der Waals surface area contributed by atoms with Gasteiger partial charge in [-0.1, -0.05) is 18.2 Å². The van der Waals surface area contributed by atoms with E-state index in [9.17, 15) is 28.1 Å². The number of nitro groups is 1. The molecule has 2 aromatic rings. The summed E-state index contributed by atoms with van der Waals surface area (Å²) in [5, 5.41) is 11.0. The van der Waals surface area contributed by atoms with Gasteiger partial charge in [0.1, 0.15) is 0 Å². The van der Waals surface area contributed by atoms with Crippen LogP contribution in [0.5, 0.6) is 0 Å². The minimum absolute atomic E-state index is 0.110. The highest BCUT2D eigenvalue weighted by atomic mass is 19.4. The monoisotopic (exact) mass is 376 g/mol. The van der Waals surface area contributed by atoms with Gasteiger partial charge in [-0.2, -0.15) is 13.2 Å². The summed E-state index contributed by atoms with van der Waals surface area (Å²) >= 11 is 0. The molecule has 1 heterocycles. The summed E-state index contributed by atoms with van der Waals surface area (Å²) in [6.07, 6.45) is -3.18. The third-order valence-corrected chi connectivity index (χ3v) is 3.81. The Morgan fingerprint density at radius 1 is 1.15 bits per heavy atom. The summed E-state index contributed by atoms with van der Waals surface area (Å²) in [5.74, 6) is -0.908. The maximum atomic E-state index is 12.6. The molecule has 0 aliphatic carbocycles. The number of carbonyl (C=O) groups is 1. The maximum absolute atomic E-state index is 12.6. The molecule has 0 fully saturated rings. The van der Waals surface area contributed by atoms with Crippen LogP contribution in [0.15, 0.2) is 53.2 Å². The van der Waals surface area contributed by atoms with Crippen molar-refractivity contribution < 1.29 is 27.6 Å². The Bertz CT molecular complexity index is 993. The molecule has 0 bridgehead atoms. The van der Waals surface area contributed by atoms with E-state index in [1.165, 1.54) is 36.4 Å². The van der Waals surface area contributed by atoms with Crippen molar-refractivity contribution in [3.63, 3.8) is 0 Å². The van der Waals surface area contributed by atoms with Gasteiger partial charge in [-0.25, -0.2) is 9.79 Å². The van der Waals surface area contributed by atoms with Crippen LogP contribution in [0.1, 0.15) is 22.3 Å². The first-order chi connectivity index (χ1) is 12.6. The quantitative estimate of drug-likeness (QED) is 0.347. The van der Waals surface area contributed by atoms with Crippen molar-refractivity contribution in [2.45, 2.75) is 13.1 Å². The first-order valence-electron chi connectivity index (χ1n) is 7.60. The Morgan fingerprint density at radius 2 is 1.81 bits per heavy atom. The van der Waals surface area contributed by atoms with Gasteiger partial charge in [0, 0.05) is 17.2 Å². The maximum Gasteiger partial charge on any atom is 0.416 e. The smallest absolute Gasteiger partial charge is 0.402 e. The van der Waals surface area contributed by atoms with Crippen LogP contribution in [0.3, 0.4) is 0 Å². The number of benzene rings is 2. The van der Waals surface area contributed by atoms with Gasteiger partial charge in [0.2, 0.25) is 5.90 Å². The highest BCUT2D eigenvalue weighted by molar-refractivity contribution is 6.13. The molecule has 0 saturated heterocycles. The van der Waals surface area contributed by atoms with Gasteiger partial charge in [0.15, 0.2) is 5.70 Å². The van der Waals surface area contributed by atoms with Crippen LogP contribution >= 0.6 is 0 Å². The standard InChI is InChI=1S/C18H11F3N2O4/c1-10-2-5-12(9-15(10)23(25)26)16-22-14(17(24)27-16)8-11-3-6-13(7-4-11)18(19,20)21/h2-9H,1H3/b14-8-. The molecule has 0 amide bonds. The van der Waals surface area contributed by atoms with E-state index in [1.807, 2.05) is 0 Å². The summed E-state index contributed by atoms with van der Waals surface area (Å²) in [6, 6.07) is 8.45. The van der Waals surface area contributed by atoms with E-state index in [2.05, 4.69) is 4.99 Å². The molecule has 0 spiro atoms. The van der Waals surface area contributed by atoms with Crippen LogP contribution in [0, 0.1) is 17.0 Å². The zero-order chi connectivity index (χ0) is 19.8. The van der Waals surface area contributed by atoms with Crippen LogP contribution in [-0.2, 0) is 15.7 Å². The van der Waals surface area contributed by atoms with Crippen LogP contribution in [0.4, 0.5) is 18.9 Å². The topological polar surface area (TPSA) is 81.8 Å². The number of cyclic esters (lactones) is 1. The van der Waals surface area contributed by atoms with E-state index in [0.717, 1.165) is 12.1 Å². The number of nitro benzene ring substituents is 1. The Kier molecular flexibility index (Phi) is 4.52. The molecule has 0 atom stereocenters. The Hall–Kier alpha value is -3.49. The number of hydrogen-bond acceptors (Lipinski definition) is 5. The van der Waals surface area contributed by atoms with E-state index in [-0.39, 0.29) is 22.8 Å². The van der Waals surface area contributed by atoms with E-state index in [4.69, 9.17) is 4.74 Å². The largest absolute Gasteiger partial charge is 0.416 e. The normalized spacial score (nSPS) is 15.6. The number of alkyl halides is 3. The minimum Gasteiger partial charge on any atom is -0.402 e. The highest BCUT2D eigenvalue weighted by Crippen LogP contribution is 2.30. The summed E-state index contributed by atoms with van der Waals surface area (Å²) in [6.45, 7) is 1.57. The Balaban J connectivity index is 1.91. The molecule has 0 radical (unpaired) electrons. The lowest BCUT2D eigenvalue weighted by Crippen LogP contribution is -2.06. The molecule has 0 aromatic heterocycles.